The maximum absolute atomic E-state index is 6.13. The first-order valence-corrected chi connectivity index (χ1v) is 10.6. The highest BCUT2D eigenvalue weighted by Gasteiger charge is 2.31. The van der Waals surface area contributed by atoms with Crippen LogP contribution in [0.5, 0.6) is 5.75 Å². The fourth-order valence-electron chi connectivity index (χ4n) is 4.16. The van der Waals surface area contributed by atoms with Gasteiger partial charge in [-0.2, -0.15) is 0 Å². The molecule has 1 saturated heterocycles. The molecule has 0 aliphatic carbocycles. The Labute approximate surface area is 181 Å². The van der Waals surface area contributed by atoms with Gasteiger partial charge in [-0.1, -0.05) is 12.1 Å². The summed E-state index contributed by atoms with van der Waals surface area (Å²) in [6.07, 6.45) is 14.1. The van der Waals surface area contributed by atoms with Crippen molar-refractivity contribution in [2.24, 2.45) is 5.92 Å². The molecule has 2 atom stereocenters. The summed E-state index contributed by atoms with van der Waals surface area (Å²) in [7, 11) is 0. The van der Waals surface area contributed by atoms with Crippen molar-refractivity contribution < 1.29 is 9.47 Å². The summed E-state index contributed by atoms with van der Waals surface area (Å²) in [6.45, 7) is 2.73. The van der Waals surface area contributed by atoms with E-state index in [4.69, 9.17) is 14.5 Å². The van der Waals surface area contributed by atoms with Crippen LogP contribution in [0.2, 0.25) is 0 Å². The van der Waals surface area contributed by atoms with Crippen molar-refractivity contribution in [3.8, 4) is 17.1 Å². The lowest BCUT2D eigenvalue weighted by atomic mass is 9.95. The summed E-state index contributed by atoms with van der Waals surface area (Å²) in [5.41, 5.74) is 2.27. The van der Waals surface area contributed by atoms with E-state index in [0.29, 0.717) is 19.1 Å². The van der Waals surface area contributed by atoms with Gasteiger partial charge in [-0.3, -0.25) is 4.98 Å². The standard InChI is InChI=1S/C24H25N5O2/c1-2-4-23(31-14-13-28-11-9-26-18-28)21(3-1)24-27-10-12-29(24)22-17-30-16-20(22)15-19-5-7-25-8-6-19/h1-12,18,20,22H,13-17H2/t20-,22-/m1/s1. The number of para-hydroxylation sites is 1. The van der Waals surface area contributed by atoms with Crippen LogP contribution >= 0.6 is 0 Å². The molecule has 0 unspecified atom stereocenters. The highest BCUT2D eigenvalue weighted by atomic mass is 16.5. The van der Waals surface area contributed by atoms with Gasteiger partial charge in [-0.15, -0.1) is 0 Å². The van der Waals surface area contributed by atoms with Gasteiger partial charge in [0.2, 0.25) is 0 Å². The number of imidazole rings is 2. The second kappa shape index (κ2) is 9.14. The van der Waals surface area contributed by atoms with Crippen LogP contribution in [0.15, 0.2) is 79.9 Å². The Morgan fingerprint density at radius 2 is 1.87 bits per heavy atom. The van der Waals surface area contributed by atoms with Crippen molar-refractivity contribution in [3.05, 3.63) is 85.5 Å². The van der Waals surface area contributed by atoms with Crippen molar-refractivity contribution in [1.82, 2.24) is 24.1 Å². The third kappa shape index (κ3) is 4.36. The summed E-state index contributed by atoms with van der Waals surface area (Å²) in [6, 6.07) is 12.5. The summed E-state index contributed by atoms with van der Waals surface area (Å²) >= 11 is 0. The molecular formula is C24H25N5O2. The first kappa shape index (κ1) is 19.5. The Bertz CT molecular complexity index is 1090. The molecule has 1 fully saturated rings. The summed E-state index contributed by atoms with van der Waals surface area (Å²) < 4.78 is 16.3. The number of pyridine rings is 1. The first-order chi connectivity index (χ1) is 15.4. The predicted molar refractivity (Wildman–Crippen MR) is 117 cm³/mol. The minimum absolute atomic E-state index is 0.227. The van der Waals surface area contributed by atoms with Gasteiger partial charge in [0.15, 0.2) is 0 Å². The second-order valence-electron chi connectivity index (χ2n) is 7.73. The van der Waals surface area contributed by atoms with Crippen molar-refractivity contribution in [1.29, 1.82) is 0 Å². The molecule has 1 aliphatic rings. The topological polar surface area (TPSA) is 67.0 Å². The lowest BCUT2D eigenvalue weighted by molar-refractivity contribution is 0.181. The van der Waals surface area contributed by atoms with Gasteiger partial charge >= 0.3 is 0 Å². The molecule has 1 aromatic carbocycles. The Balaban J connectivity index is 1.36. The molecule has 0 radical (unpaired) electrons. The van der Waals surface area contributed by atoms with Crippen LogP contribution in [0.3, 0.4) is 0 Å². The minimum atomic E-state index is 0.227. The SMILES string of the molecule is c1ccc(-c2nccn2[C@@H]2COC[C@H]2Cc2ccncc2)c(OCCn2ccnc2)c1. The van der Waals surface area contributed by atoms with Crippen LogP contribution in [-0.2, 0) is 17.7 Å². The Morgan fingerprint density at radius 1 is 0.968 bits per heavy atom. The van der Waals surface area contributed by atoms with E-state index in [1.807, 2.05) is 47.6 Å². The van der Waals surface area contributed by atoms with E-state index in [1.165, 1.54) is 5.56 Å². The lowest BCUT2D eigenvalue weighted by Crippen LogP contribution is -2.20. The fraction of sp³-hybridized carbons (Fsp3) is 0.292. The zero-order chi connectivity index (χ0) is 20.9. The monoisotopic (exact) mass is 415 g/mol. The average Bonchev–Trinajstić information content (AvgIpc) is 3.57. The lowest BCUT2D eigenvalue weighted by Gasteiger charge is -2.22. The van der Waals surface area contributed by atoms with Crippen molar-refractivity contribution in [3.63, 3.8) is 0 Å². The molecule has 7 heteroatoms. The predicted octanol–water partition coefficient (Wildman–Crippen LogP) is 3.65. The molecular weight excluding hydrogens is 390 g/mol. The quantitative estimate of drug-likeness (QED) is 0.439. The highest BCUT2D eigenvalue weighted by Crippen LogP contribution is 2.35. The summed E-state index contributed by atoms with van der Waals surface area (Å²) in [5, 5.41) is 0. The number of aromatic nitrogens is 5. The minimum Gasteiger partial charge on any atom is -0.491 e. The smallest absolute Gasteiger partial charge is 0.143 e. The number of benzene rings is 1. The molecule has 4 heterocycles. The fourth-order valence-corrected chi connectivity index (χ4v) is 4.16. The largest absolute Gasteiger partial charge is 0.491 e. The summed E-state index contributed by atoms with van der Waals surface area (Å²) in [5.74, 6) is 2.12. The van der Waals surface area contributed by atoms with E-state index >= 15 is 0 Å². The first-order valence-electron chi connectivity index (χ1n) is 10.6. The molecule has 3 aromatic heterocycles. The van der Waals surface area contributed by atoms with Crippen LogP contribution < -0.4 is 4.74 Å². The highest BCUT2D eigenvalue weighted by molar-refractivity contribution is 5.64. The Morgan fingerprint density at radius 3 is 2.74 bits per heavy atom. The summed E-state index contributed by atoms with van der Waals surface area (Å²) in [4.78, 5) is 12.9. The van der Waals surface area contributed by atoms with E-state index in [9.17, 15) is 0 Å². The van der Waals surface area contributed by atoms with Crippen LogP contribution in [0.25, 0.3) is 11.4 Å². The molecule has 1 aliphatic heterocycles. The van der Waals surface area contributed by atoms with E-state index in [0.717, 1.165) is 36.7 Å². The van der Waals surface area contributed by atoms with E-state index in [2.05, 4.69) is 38.9 Å². The third-order valence-electron chi connectivity index (χ3n) is 5.73. The second-order valence-corrected chi connectivity index (χ2v) is 7.73. The molecule has 158 valence electrons. The molecule has 0 amide bonds. The Kier molecular flexibility index (Phi) is 5.75. The molecule has 7 nitrogen and oxygen atoms in total. The van der Waals surface area contributed by atoms with Crippen LogP contribution in [-0.4, -0.2) is 43.9 Å². The number of ether oxygens (including phenoxy) is 2. The van der Waals surface area contributed by atoms with Gasteiger partial charge in [-0.25, -0.2) is 9.97 Å². The average molecular weight is 415 g/mol. The van der Waals surface area contributed by atoms with Gasteiger partial charge in [0.05, 0.1) is 37.7 Å². The van der Waals surface area contributed by atoms with Gasteiger partial charge in [-0.05, 0) is 36.2 Å². The molecule has 5 rings (SSSR count). The normalized spacial score (nSPS) is 18.3. The molecule has 4 aromatic rings. The maximum atomic E-state index is 6.13. The maximum Gasteiger partial charge on any atom is 0.143 e. The van der Waals surface area contributed by atoms with Crippen LogP contribution in [0, 0.1) is 5.92 Å². The third-order valence-corrected chi connectivity index (χ3v) is 5.73. The van der Waals surface area contributed by atoms with Crippen molar-refractivity contribution >= 4 is 0 Å². The van der Waals surface area contributed by atoms with Gasteiger partial charge in [0.1, 0.15) is 18.2 Å². The molecule has 0 bridgehead atoms. The molecule has 0 N–H and O–H groups in total. The molecule has 0 saturated carbocycles. The zero-order valence-corrected chi connectivity index (χ0v) is 17.2. The number of hydrogen-bond acceptors (Lipinski definition) is 5. The van der Waals surface area contributed by atoms with Crippen LogP contribution in [0.4, 0.5) is 0 Å². The van der Waals surface area contributed by atoms with E-state index in [1.54, 1.807) is 12.5 Å². The zero-order valence-electron chi connectivity index (χ0n) is 17.2. The van der Waals surface area contributed by atoms with Gasteiger partial charge < -0.3 is 18.6 Å². The number of hydrogen-bond donors (Lipinski definition) is 0. The van der Waals surface area contributed by atoms with E-state index in [-0.39, 0.29) is 6.04 Å². The van der Waals surface area contributed by atoms with E-state index < -0.39 is 0 Å². The van der Waals surface area contributed by atoms with Crippen molar-refractivity contribution in [2.45, 2.75) is 19.0 Å². The molecule has 0 spiro atoms. The molecule has 31 heavy (non-hydrogen) atoms. The van der Waals surface area contributed by atoms with Crippen molar-refractivity contribution in [2.75, 3.05) is 19.8 Å². The number of nitrogens with zero attached hydrogens (tertiary/aromatic N) is 5. The van der Waals surface area contributed by atoms with Crippen LogP contribution in [0.1, 0.15) is 11.6 Å². The Hall–Kier alpha value is -3.45. The number of rotatable bonds is 8. The van der Waals surface area contributed by atoms with Gasteiger partial charge in [0, 0.05) is 43.1 Å². The van der Waals surface area contributed by atoms with Gasteiger partial charge in [0.25, 0.3) is 0 Å².